The number of halogens is 1. The highest BCUT2D eigenvalue weighted by Crippen LogP contribution is 2.32. The minimum Gasteiger partial charge on any atom is -0.351 e. The fourth-order valence-corrected chi connectivity index (χ4v) is 5.57. The number of benzene rings is 1. The van der Waals surface area contributed by atoms with Crippen molar-refractivity contribution in [1.82, 2.24) is 19.2 Å². The molecular weight excluding hydrogens is 408 g/mol. The van der Waals surface area contributed by atoms with Crippen LogP contribution in [0.15, 0.2) is 35.1 Å². The third kappa shape index (κ3) is 2.96. The minimum absolute atomic E-state index is 0.173. The van der Waals surface area contributed by atoms with Gasteiger partial charge in [-0.1, -0.05) is 23.7 Å². The first-order valence-corrected chi connectivity index (χ1v) is 11.0. The number of amides is 1. The molecule has 1 aromatic carbocycles. The number of aryl methyl sites for hydroxylation is 1. The fourth-order valence-electron chi connectivity index (χ4n) is 4.34. The summed E-state index contributed by atoms with van der Waals surface area (Å²) in [5, 5.41) is 3.45. The summed E-state index contributed by atoms with van der Waals surface area (Å²) in [7, 11) is 1.89. The maximum atomic E-state index is 13.3. The number of carbonyl (C=O) groups is 1. The quantitative estimate of drug-likeness (QED) is 0.541. The topological polar surface area (TPSA) is 58.8 Å². The number of likely N-dealkylation sites (tertiary alicyclic amines) is 1. The van der Waals surface area contributed by atoms with Crippen molar-refractivity contribution in [3.63, 3.8) is 0 Å². The van der Waals surface area contributed by atoms with Crippen LogP contribution in [0.25, 0.3) is 26.9 Å². The summed E-state index contributed by atoms with van der Waals surface area (Å²) in [6, 6.07) is 9.56. The van der Waals surface area contributed by atoms with Gasteiger partial charge in [-0.15, -0.1) is 11.3 Å². The zero-order chi connectivity index (χ0) is 20.1. The van der Waals surface area contributed by atoms with Gasteiger partial charge in [0.1, 0.15) is 16.0 Å². The van der Waals surface area contributed by atoms with E-state index >= 15 is 0 Å². The van der Waals surface area contributed by atoms with Crippen LogP contribution in [0.2, 0.25) is 4.34 Å². The van der Waals surface area contributed by atoms with Gasteiger partial charge >= 0.3 is 0 Å². The number of hydrogen-bond donors (Lipinski definition) is 1. The van der Waals surface area contributed by atoms with E-state index in [1.807, 2.05) is 40.3 Å². The second kappa shape index (κ2) is 7.16. The largest absolute Gasteiger partial charge is 0.351 e. The zero-order valence-corrected chi connectivity index (χ0v) is 17.6. The molecule has 6 nitrogen and oxygen atoms in total. The molecule has 5 rings (SSSR count). The molecule has 0 saturated carbocycles. The Bertz CT molecular complexity index is 1310. The zero-order valence-electron chi connectivity index (χ0n) is 16.1. The maximum Gasteiger partial charge on any atom is 0.259 e. The van der Waals surface area contributed by atoms with E-state index in [0.717, 1.165) is 35.5 Å². The van der Waals surface area contributed by atoms with Crippen LogP contribution in [-0.2, 0) is 7.05 Å². The molecule has 150 valence electrons. The molecule has 1 saturated heterocycles. The van der Waals surface area contributed by atoms with Crippen LogP contribution in [0.5, 0.6) is 0 Å². The summed E-state index contributed by atoms with van der Waals surface area (Å²) < 4.78 is 4.43. The molecule has 4 aromatic rings. The first kappa shape index (κ1) is 18.7. The normalized spacial score (nSPS) is 15.1. The van der Waals surface area contributed by atoms with Crippen molar-refractivity contribution in [3.05, 3.63) is 50.5 Å². The molecule has 1 amide bonds. The Labute approximate surface area is 176 Å². The number of nitrogens with one attached hydrogen (secondary N) is 1. The first-order valence-electron chi connectivity index (χ1n) is 9.78. The maximum absolute atomic E-state index is 13.3. The lowest BCUT2D eigenvalue weighted by Crippen LogP contribution is -2.36. The number of fused-ring (bicyclic) bond motifs is 5. The van der Waals surface area contributed by atoms with E-state index in [0.29, 0.717) is 21.9 Å². The summed E-state index contributed by atoms with van der Waals surface area (Å²) in [4.78, 5) is 29.5. The molecule has 1 N–H and O–H groups in total. The number of nitrogens with zero attached hydrogens (tertiary/aromatic N) is 3. The first-order chi connectivity index (χ1) is 14.1. The standard InChI is InChI=1S/C21H21ClN4O2S/c1-24-14-6-2-3-7-15(14)26-20(24)17(18(27)13-12-16(22)29-21(13)26)19(28)23-8-11-25-9-4-5-10-25/h2-3,6-7,12H,4-5,8-11H2,1H3,(H,23,28). The highest BCUT2D eigenvalue weighted by atomic mass is 35.5. The van der Waals surface area contributed by atoms with Gasteiger partial charge in [-0.25, -0.2) is 0 Å². The van der Waals surface area contributed by atoms with Gasteiger partial charge in [0, 0.05) is 20.1 Å². The van der Waals surface area contributed by atoms with Crippen molar-refractivity contribution >= 4 is 55.7 Å². The average Bonchev–Trinajstić information content (AvgIpc) is 3.42. The highest BCUT2D eigenvalue weighted by Gasteiger charge is 2.24. The number of imidazole rings is 1. The van der Waals surface area contributed by atoms with E-state index in [1.165, 1.54) is 24.2 Å². The van der Waals surface area contributed by atoms with Crippen LogP contribution in [0.1, 0.15) is 23.2 Å². The van der Waals surface area contributed by atoms with E-state index in [4.69, 9.17) is 11.6 Å². The van der Waals surface area contributed by atoms with Crippen LogP contribution in [-0.4, -0.2) is 46.0 Å². The number of aromatic nitrogens is 2. The van der Waals surface area contributed by atoms with Gasteiger partial charge in [0.2, 0.25) is 5.43 Å². The summed E-state index contributed by atoms with van der Waals surface area (Å²) in [6.07, 6.45) is 2.42. The van der Waals surface area contributed by atoms with Gasteiger partial charge in [-0.3, -0.25) is 14.0 Å². The Morgan fingerprint density at radius 2 is 1.93 bits per heavy atom. The van der Waals surface area contributed by atoms with Crippen molar-refractivity contribution in [2.45, 2.75) is 12.8 Å². The molecule has 4 heterocycles. The Morgan fingerprint density at radius 3 is 2.69 bits per heavy atom. The lowest BCUT2D eigenvalue weighted by molar-refractivity contribution is 0.0950. The summed E-state index contributed by atoms with van der Waals surface area (Å²) in [5.74, 6) is -0.332. The molecule has 0 radical (unpaired) electrons. The summed E-state index contributed by atoms with van der Waals surface area (Å²) in [5.41, 5.74) is 2.40. The van der Waals surface area contributed by atoms with Crippen LogP contribution in [0.4, 0.5) is 0 Å². The molecule has 0 unspecified atom stereocenters. The van der Waals surface area contributed by atoms with Gasteiger partial charge in [-0.05, 0) is 44.1 Å². The molecule has 0 bridgehead atoms. The lowest BCUT2D eigenvalue weighted by Gasteiger charge is -2.15. The van der Waals surface area contributed by atoms with Crippen molar-refractivity contribution in [2.75, 3.05) is 26.2 Å². The molecule has 3 aromatic heterocycles. The Morgan fingerprint density at radius 1 is 1.21 bits per heavy atom. The molecule has 29 heavy (non-hydrogen) atoms. The van der Waals surface area contributed by atoms with Crippen LogP contribution >= 0.6 is 22.9 Å². The van der Waals surface area contributed by atoms with Crippen molar-refractivity contribution in [2.24, 2.45) is 7.05 Å². The highest BCUT2D eigenvalue weighted by molar-refractivity contribution is 7.22. The number of pyridine rings is 1. The van der Waals surface area contributed by atoms with E-state index in [-0.39, 0.29) is 16.9 Å². The van der Waals surface area contributed by atoms with Gasteiger partial charge in [0.25, 0.3) is 5.91 Å². The number of hydrogen-bond acceptors (Lipinski definition) is 4. The lowest BCUT2D eigenvalue weighted by atomic mass is 10.2. The number of rotatable bonds is 4. The second-order valence-corrected chi connectivity index (χ2v) is 9.15. The van der Waals surface area contributed by atoms with Crippen LogP contribution in [0, 0.1) is 0 Å². The summed E-state index contributed by atoms with van der Waals surface area (Å²) in [6.45, 7) is 3.48. The van der Waals surface area contributed by atoms with E-state index in [2.05, 4.69) is 10.2 Å². The molecule has 1 fully saturated rings. The number of para-hydroxylation sites is 2. The van der Waals surface area contributed by atoms with Crippen LogP contribution in [0.3, 0.4) is 0 Å². The van der Waals surface area contributed by atoms with Gasteiger partial charge in [0.15, 0.2) is 0 Å². The predicted octanol–water partition coefficient (Wildman–Crippen LogP) is 3.48. The second-order valence-electron chi connectivity index (χ2n) is 7.48. The van der Waals surface area contributed by atoms with Gasteiger partial charge in [-0.2, -0.15) is 0 Å². The van der Waals surface area contributed by atoms with Crippen molar-refractivity contribution < 1.29 is 4.79 Å². The fraction of sp³-hybridized carbons (Fsp3) is 0.333. The Balaban J connectivity index is 1.68. The van der Waals surface area contributed by atoms with Crippen LogP contribution < -0.4 is 10.7 Å². The van der Waals surface area contributed by atoms with Gasteiger partial charge < -0.3 is 14.8 Å². The predicted molar refractivity (Wildman–Crippen MR) is 119 cm³/mol. The monoisotopic (exact) mass is 428 g/mol. The molecule has 0 aliphatic carbocycles. The van der Waals surface area contributed by atoms with E-state index < -0.39 is 0 Å². The molecular formula is C21H21ClN4O2S. The Hall–Kier alpha value is -2.35. The third-order valence-electron chi connectivity index (χ3n) is 5.73. The van der Waals surface area contributed by atoms with E-state index in [1.54, 1.807) is 6.07 Å². The number of thiophene rings is 1. The summed E-state index contributed by atoms with van der Waals surface area (Å²) >= 11 is 7.61. The molecule has 0 spiro atoms. The molecule has 0 atom stereocenters. The van der Waals surface area contributed by atoms with Gasteiger partial charge in [0.05, 0.1) is 20.8 Å². The van der Waals surface area contributed by atoms with Crippen molar-refractivity contribution in [3.8, 4) is 0 Å². The Kier molecular flexibility index (Phi) is 4.61. The molecule has 1 aliphatic rings. The van der Waals surface area contributed by atoms with Crippen molar-refractivity contribution in [1.29, 1.82) is 0 Å². The molecule has 1 aliphatic heterocycles. The average molecular weight is 429 g/mol. The number of carbonyl (C=O) groups excluding carboxylic acids is 1. The van der Waals surface area contributed by atoms with E-state index in [9.17, 15) is 9.59 Å². The minimum atomic E-state index is -0.332. The molecule has 8 heteroatoms. The smallest absolute Gasteiger partial charge is 0.259 e. The SMILES string of the molecule is Cn1c2ccccc2n2c3sc(Cl)cc3c(=O)c(C(=O)NCCN3CCCC3)c12. The third-order valence-corrected chi connectivity index (χ3v) is 6.98.